The lowest BCUT2D eigenvalue weighted by atomic mass is 10.1. The maximum atomic E-state index is 12.3. The first-order valence-electron chi connectivity index (χ1n) is 10.2. The highest BCUT2D eigenvalue weighted by Gasteiger charge is 2.13. The quantitative estimate of drug-likeness (QED) is 0.320. The van der Waals surface area contributed by atoms with Gasteiger partial charge in [0.15, 0.2) is 12.4 Å². The molecule has 0 aliphatic rings. The summed E-state index contributed by atoms with van der Waals surface area (Å²) in [5.41, 5.74) is 6.13. The average Bonchev–Trinajstić information content (AvgIpc) is 2.80. The summed E-state index contributed by atoms with van der Waals surface area (Å²) >= 11 is 12.6. The van der Waals surface area contributed by atoms with Crippen molar-refractivity contribution in [3.05, 3.63) is 86.9 Å². The molecule has 0 saturated carbocycles. The number of anilines is 1. The van der Waals surface area contributed by atoms with E-state index in [1.54, 1.807) is 36.4 Å². The number of rotatable bonds is 8. The van der Waals surface area contributed by atoms with Crippen molar-refractivity contribution in [2.45, 2.75) is 13.8 Å². The Morgan fingerprint density at radius 3 is 2.44 bits per heavy atom. The molecule has 9 heteroatoms. The van der Waals surface area contributed by atoms with Gasteiger partial charge in [-0.3, -0.25) is 9.59 Å². The number of carbonyl (C=O) groups excluding carboxylic acids is 2. The third kappa shape index (κ3) is 6.73. The number of halogens is 2. The van der Waals surface area contributed by atoms with Crippen LogP contribution in [-0.4, -0.2) is 31.7 Å². The molecule has 34 heavy (non-hydrogen) atoms. The van der Waals surface area contributed by atoms with Gasteiger partial charge in [-0.1, -0.05) is 47.0 Å². The maximum Gasteiger partial charge on any atom is 0.271 e. The number of methoxy groups -OCH3 is 1. The molecule has 0 radical (unpaired) electrons. The molecule has 2 amide bonds. The van der Waals surface area contributed by atoms with Gasteiger partial charge in [-0.05, 0) is 61.4 Å². The molecule has 3 aromatic carbocycles. The van der Waals surface area contributed by atoms with Crippen molar-refractivity contribution >= 4 is 46.9 Å². The number of carbonyl (C=O) groups is 2. The lowest BCUT2D eigenvalue weighted by molar-refractivity contribution is -0.118. The molecule has 0 aliphatic carbocycles. The van der Waals surface area contributed by atoms with Crippen LogP contribution in [0.2, 0.25) is 10.0 Å². The highest BCUT2D eigenvalue weighted by atomic mass is 35.5. The van der Waals surface area contributed by atoms with Crippen LogP contribution in [-0.2, 0) is 4.79 Å². The molecule has 0 bridgehead atoms. The van der Waals surface area contributed by atoms with Crippen LogP contribution >= 0.6 is 23.2 Å². The number of hydrazone groups is 1. The number of nitrogens with zero attached hydrogens (tertiary/aromatic N) is 1. The van der Waals surface area contributed by atoms with Crippen molar-refractivity contribution in [3.8, 4) is 11.5 Å². The molecule has 3 rings (SSSR count). The summed E-state index contributed by atoms with van der Waals surface area (Å²) in [5, 5.41) is 7.13. The Balaban J connectivity index is 1.59. The second-order valence-electron chi connectivity index (χ2n) is 7.40. The highest BCUT2D eigenvalue weighted by Crippen LogP contribution is 2.34. The van der Waals surface area contributed by atoms with Crippen LogP contribution in [0.25, 0.3) is 0 Å². The van der Waals surface area contributed by atoms with Crippen molar-refractivity contribution in [1.29, 1.82) is 0 Å². The summed E-state index contributed by atoms with van der Waals surface area (Å²) < 4.78 is 10.6. The molecule has 176 valence electrons. The first kappa shape index (κ1) is 25.1. The van der Waals surface area contributed by atoms with Crippen LogP contribution in [0.1, 0.15) is 27.0 Å². The number of amides is 2. The van der Waals surface area contributed by atoms with E-state index in [0.29, 0.717) is 22.6 Å². The van der Waals surface area contributed by atoms with E-state index in [2.05, 4.69) is 15.8 Å². The Morgan fingerprint density at radius 2 is 1.76 bits per heavy atom. The molecule has 2 N–H and O–H groups in total. The van der Waals surface area contributed by atoms with Crippen LogP contribution in [0, 0.1) is 13.8 Å². The number of hydrogen-bond donors (Lipinski definition) is 2. The van der Waals surface area contributed by atoms with Crippen LogP contribution < -0.4 is 20.2 Å². The Bertz CT molecular complexity index is 1220. The molecule has 0 spiro atoms. The molecule has 0 aromatic heterocycles. The Hall–Kier alpha value is -3.55. The predicted molar refractivity (Wildman–Crippen MR) is 135 cm³/mol. The fourth-order valence-electron chi connectivity index (χ4n) is 3.06. The van der Waals surface area contributed by atoms with E-state index in [-0.39, 0.29) is 28.3 Å². The predicted octanol–water partition coefficient (Wildman–Crippen LogP) is 5.40. The number of nitrogens with one attached hydrogen (secondary N) is 2. The lowest BCUT2D eigenvalue weighted by Crippen LogP contribution is -2.21. The van der Waals surface area contributed by atoms with E-state index in [0.717, 1.165) is 11.1 Å². The third-order valence-corrected chi connectivity index (χ3v) is 5.30. The molecular formula is C25H23Cl2N3O4. The number of aryl methyl sites for hydroxylation is 2. The van der Waals surface area contributed by atoms with Crippen molar-refractivity contribution in [1.82, 2.24) is 5.43 Å². The first-order chi connectivity index (χ1) is 16.3. The zero-order valence-corrected chi connectivity index (χ0v) is 20.3. The van der Waals surface area contributed by atoms with E-state index in [4.69, 9.17) is 32.7 Å². The van der Waals surface area contributed by atoms with Gasteiger partial charge in [0.05, 0.1) is 23.4 Å². The van der Waals surface area contributed by atoms with Crippen LogP contribution in [0.3, 0.4) is 0 Å². The monoisotopic (exact) mass is 499 g/mol. The number of ether oxygens (including phenoxy) is 2. The SMILES string of the molecule is COc1cccc(C(=O)N/N=C/c2cc(Cl)c(OCC(=O)Nc3ccc(C)cc3C)c(Cl)c2)c1. The normalized spacial score (nSPS) is 10.7. The fraction of sp³-hybridized carbons (Fsp3) is 0.160. The second-order valence-corrected chi connectivity index (χ2v) is 8.21. The van der Waals surface area contributed by atoms with E-state index in [1.807, 2.05) is 32.0 Å². The molecule has 0 unspecified atom stereocenters. The average molecular weight is 500 g/mol. The first-order valence-corrected chi connectivity index (χ1v) is 11.0. The minimum absolute atomic E-state index is 0.177. The van der Waals surface area contributed by atoms with Gasteiger partial charge in [0.1, 0.15) is 5.75 Å². The van der Waals surface area contributed by atoms with Gasteiger partial charge in [0.25, 0.3) is 11.8 Å². The van der Waals surface area contributed by atoms with Crippen molar-refractivity contribution < 1.29 is 19.1 Å². The fourth-order valence-corrected chi connectivity index (χ4v) is 3.68. The van der Waals surface area contributed by atoms with Gasteiger partial charge in [0, 0.05) is 11.3 Å². The van der Waals surface area contributed by atoms with Crippen molar-refractivity contribution in [2.24, 2.45) is 5.10 Å². The van der Waals surface area contributed by atoms with Crippen molar-refractivity contribution in [3.63, 3.8) is 0 Å². The topological polar surface area (TPSA) is 89.0 Å². The summed E-state index contributed by atoms with van der Waals surface area (Å²) in [5.74, 6) is -0.00255. The van der Waals surface area contributed by atoms with Gasteiger partial charge in [0.2, 0.25) is 0 Å². The van der Waals surface area contributed by atoms with Gasteiger partial charge in [-0.2, -0.15) is 5.10 Å². The van der Waals surface area contributed by atoms with Gasteiger partial charge in [-0.15, -0.1) is 0 Å². The smallest absolute Gasteiger partial charge is 0.271 e. The van der Waals surface area contributed by atoms with Crippen LogP contribution in [0.4, 0.5) is 5.69 Å². The standard InChI is InChI=1S/C25H23Cl2N3O4/c1-15-7-8-22(16(2)9-15)29-23(31)14-34-24-20(26)10-17(11-21(24)27)13-28-30-25(32)18-5-4-6-19(12-18)33-3/h4-13H,14H2,1-3H3,(H,29,31)(H,30,32)/b28-13+. The summed E-state index contributed by atoms with van der Waals surface area (Å²) in [6.45, 7) is 3.63. The molecule has 0 aliphatic heterocycles. The van der Waals surface area contributed by atoms with E-state index in [1.165, 1.54) is 13.3 Å². The van der Waals surface area contributed by atoms with E-state index < -0.39 is 5.91 Å². The molecular weight excluding hydrogens is 477 g/mol. The minimum Gasteiger partial charge on any atom is -0.497 e. The van der Waals surface area contributed by atoms with Gasteiger partial charge in [-0.25, -0.2) is 5.43 Å². The van der Waals surface area contributed by atoms with Crippen molar-refractivity contribution in [2.75, 3.05) is 19.0 Å². The molecule has 3 aromatic rings. The zero-order chi connectivity index (χ0) is 24.7. The largest absolute Gasteiger partial charge is 0.497 e. The summed E-state index contributed by atoms with van der Waals surface area (Å²) in [6.07, 6.45) is 1.40. The molecule has 7 nitrogen and oxygen atoms in total. The van der Waals surface area contributed by atoms with E-state index >= 15 is 0 Å². The summed E-state index contributed by atoms with van der Waals surface area (Å²) in [7, 11) is 1.52. The molecule has 0 fully saturated rings. The Kier molecular flexibility index (Phi) is 8.51. The summed E-state index contributed by atoms with van der Waals surface area (Å²) in [6, 6.07) is 15.5. The maximum absolute atomic E-state index is 12.3. The van der Waals surface area contributed by atoms with E-state index in [9.17, 15) is 9.59 Å². The van der Waals surface area contributed by atoms with Gasteiger partial charge < -0.3 is 14.8 Å². The lowest BCUT2D eigenvalue weighted by Gasteiger charge is -2.12. The molecule has 0 atom stereocenters. The number of benzene rings is 3. The molecule has 0 saturated heterocycles. The zero-order valence-electron chi connectivity index (χ0n) is 18.8. The minimum atomic E-state index is -0.401. The number of hydrogen-bond acceptors (Lipinski definition) is 5. The van der Waals surface area contributed by atoms with Crippen LogP contribution in [0.15, 0.2) is 59.7 Å². The molecule has 0 heterocycles. The second kappa shape index (κ2) is 11.5. The van der Waals surface area contributed by atoms with Crippen LogP contribution in [0.5, 0.6) is 11.5 Å². The van der Waals surface area contributed by atoms with Gasteiger partial charge >= 0.3 is 0 Å². The third-order valence-electron chi connectivity index (χ3n) is 4.74. The highest BCUT2D eigenvalue weighted by molar-refractivity contribution is 6.37. The Labute approximate surface area is 207 Å². The Morgan fingerprint density at radius 1 is 1.03 bits per heavy atom. The summed E-state index contributed by atoms with van der Waals surface area (Å²) in [4.78, 5) is 24.5.